The van der Waals surface area contributed by atoms with Crippen molar-refractivity contribution in [1.29, 1.82) is 0 Å². The highest BCUT2D eigenvalue weighted by molar-refractivity contribution is 7.99. The lowest BCUT2D eigenvalue weighted by Crippen LogP contribution is -1.99. The average Bonchev–Trinajstić information content (AvgIpc) is 2.88. The van der Waals surface area contributed by atoms with Crippen molar-refractivity contribution >= 4 is 28.8 Å². The molecule has 2 heterocycles. The van der Waals surface area contributed by atoms with Gasteiger partial charge in [-0.3, -0.25) is 0 Å². The smallest absolute Gasteiger partial charge is 0.354 e. The zero-order valence-electron chi connectivity index (χ0n) is 11.0. The van der Waals surface area contributed by atoms with Gasteiger partial charge in [0.05, 0.1) is 18.1 Å². The van der Waals surface area contributed by atoms with Gasteiger partial charge in [0.25, 0.3) is 0 Å². The van der Waals surface area contributed by atoms with Gasteiger partial charge in [0, 0.05) is 6.07 Å². The summed E-state index contributed by atoms with van der Waals surface area (Å²) in [5.41, 5.74) is 1.68. The number of nitrogens with zero attached hydrogens (tertiary/aromatic N) is 2. The van der Waals surface area contributed by atoms with E-state index in [9.17, 15) is 4.79 Å². The number of hydrogen-bond acceptors (Lipinski definition) is 5. The largest absolute Gasteiger partial charge is 0.497 e. The first-order valence-corrected chi connectivity index (χ1v) is 6.89. The number of H-pyrrole nitrogens is 1. The third-order valence-electron chi connectivity index (χ3n) is 2.81. The predicted molar refractivity (Wildman–Crippen MR) is 78.0 cm³/mol. The first kappa shape index (κ1) is 13.4. The number of aromatic amines is 1. The molecular weight excluding hydrogens is 290 g/mol. The van der Waals surface area contributed by atoms with Crippen molar-refractivity contribution in [3.63, 3.8) is 0 Å². The number of fused-ring (bicyclic) bond motifs is 1. The molecule has 0 unspecified atom stereocenters. The Hall–Kier alpha value is -2.54. The summed E-state index contributed by atoms with van der Waals surface area (Å²) in [4.78, 5) is 22.5. The van der Waals surface area contributed by atoms with E-state index in [1.165, 1.54) is 17.8 Å². The maximum absolute atomic E-state index is 10.9. The van der Waals surface area contributed by atoms with Crippen LogP contribution in [-0.4, -0.2) is 33.1 Å². The lowest BCUT2D eigenvalue weighted by Gasteiger charge is -1.98. The van der Waals surface area contributed by atoms with Crippen LogP contribution >= 0.6 is 11.8 Å². The predicted octanol–water partition coefficient (Wildman–Crippen LogP) is 2.82. The van der Waals surface area contributed by atoms with Gasteiger partial charge in [-0.15, -0.1) is 0 Å². The van der Waals surface area contributed by atoms with Gasteiger partial charge in [-0.1, -0.05) is 6.07 Å². The van der Waals surface area contributed by atoms with Crippen molar-refractivity contribution < 1.29 is 14.6 Å². The maximum Gasteiger partial charge on any atom is 0.354 e. The van der Waals surface area contributed by atoms with E-state index in [-0.39, 0.29) is 5.69 Å². The Morgan fingerprint density at radius 3 is 2.90 bits per heavy atom. The van der Waals surface area contributed by atoms with Crippen LogP contribution in [0, 0.1) is 0 Å². The lowest BCUT2D eigenvalue weighted by atomic mass is 10.3. The number of aromatic carboxylic acids is 1. The van der Waals surface area contributed by atoms with Gasteiger partial charge in [0.2, 0.25) is 0 Å². The molecule has 106 valence electrons. The fourth-order valence-electron chi connectivity index (χ4n) is 1.83. The summed E-state index contributed by atoms with van der Waals surface area (Å²) in [6.07, 6.45) is 0. The monoisotopic (exact) mass is 301 g/mol. The summed E-state index contributed by atoms with van der Waals surface area (Å²) in [5, 5.41) is 10.2. The van der Waals surface area contributed by atoms with E-state index in [2.05, 4.69) is 15.0 Å². The van der Waals surface area contributed by atoms with Gasteiger partial charge in [-0.2, -0.15) is 0 Å². The first-order valence-electron chi connectivity index (χ1n) is 6.07. The number of benzene rings is 1. The minimum atomic E-state index is -1.05. The number of imidazole rings is 1. The zero-order valence-corrected chi connectivity index (χ0v) is 11.8. The van der Waals surface area contributed by atoms with Crippen molar-refractivity contribution in [3.8, 4) is 5.75 Å². The number of carbonyl (C=O) groups is 1. The summed E-state index contributed by atoms with van der Waals surface area (Å²) < 4.78 is 5.16. The van der Waals surface area contributed by atoms with Gasteiger partial charge in [0.15, 0.2) is 5.16 Å². The topological polar surface area (TPSA) is 88.1 Å². The highest BCUT2D eigenvalue weighted by Gasteiger charge is 2.09. The average molecular weight is 301 g/mol. The number of hydrogen-bond donors (Lipinski definition) is 2. The van der Waals surface area contributed by atoms with E-state index in [0.29, 0.717) is 10.2 Å². The summed E-state index contributed by atoms with van der Waals surface area (Å²) in [6.45, 7) is 0. The molecule has 21 heavy (non-hydrogen) atoms. The lowest BCUT2D eigenvalue weighted by molar-refractivity contribution is 0.0689. The minimum Gasteiger partial charge on any atom is -0.497 e. The van der Waals surface area contributed by atoms with Crippen LogP contribution in [0.4, 0.5) is 0 Å². The Labute approximate surface area is 124 Å². The Balaban J connectivity index is 1.91. The molecule has 0 atom stereocenters. The number of nitrogens with one attached hydrogen (secondary N) is 1. The summed E-state index contributed by atoms with van der Waals surface area (Å²) in [5.74, 6) is -0.305. The van der Waals surface area contributed by atoms with E-state index in [0.717, 1.165) is 16.8 Å². The molecule has 2 N–H and O–H groups in total. The van der Waals surface area contributed by atoms with E-state index < -0.39 is 5.97 Å². The highest BCUT2D eigenvalue weighted by atomic mass is 32.2. The van der Waals surface area contributed by atoms with Gasteiger partial charge in [-0.25, -0.2) is 14.8 Å². The number of methoxy groups -OCH3 is 1. The minimum absolute atomic E-state index is 0.0118. The normalized spacial score (nSPS) is 10.7. The van der Waals surface area contributed by atoms with Crippen molar-refractivity contribution in [2.24, 2.45) is 0 Å². The molecule has 0 spiro atoms. The molecule has 0 amide bonds. The van der Waals surface area contributed by atoms with Crippen LogP contribution < -0.4 is 4.74 Å². The molecule has 0 aliphatic carbocycles. The molecule has 0 fully saturated rings. The number of pyridine rings is 1. The fourth-order valence-corrected chi connectivity index (χ4v) is 2.62. The number of carboxylic acids is 1. The Bertz CT molecular complexity index is 816. The van der Waals surface area contributed by atoms with Crippen molar-refractivity contribution in [1.82, 2.24) is 15.0 Å². The number of rotatable bonds is 4. The van der Waals surface area contributed by atoms with Gasteiger partial charge in [-0.05, 0) is 36.0 Å². The standard InChI is InChI=1S/C14H11N3O3S/c1-20-8-5-6-9-11(7-8)17-14(16-9)21-12-4-2-3-10(15-12)13(18)19/h2-7H,1H3,(H,16,17)(H,18,19). The Morgan fingerprint density at radius 1 is 1.29 bits per heavy atom. The third-order valence-corrected chi connectivity index (χ3v) is 3.63. The molecule has 0 radical (unpaired) electrons. The number of ether oxygens (including phenoxy) is 1. The van der Waals surface area contributed by atoms with Gasteiger partial charge in [0.1, 0.15) is 16.5 Å². The molecular formula is C14H11N3O3S. The van der Waals surface area contributed by atoms with Gasteiger partial charge >= 0.3 is 5.97 Å². The molecule has 7 heteroatoms. The molecule has 0 bridgehead atoms. The quantitative estimate of drug-likeness (QED) is 0.770. The Morgan fingerprint density at radius 2 is 2.14 bits per heavy atom. The van der Waals surface area contributed by atoms with Crippen molar-refractivity contribution in [2.75, 3.05) is 7.11 Å². The summed E-state index contributed by atoms with van der Waals surface area (Å²) >= 11 is 1.28. The van der Waals surface area contributed by atoms with Crippen LogP contribution in [0.1, 0.15) is 10.5 Å². The van der Waals surface area contributed by atoms with Crippen molar-refractivity contribution in [2.45, 2.75) is 10.2 Å². The fraction of sp³-hybridized carbons (Fsp3) is 0.0714. The molecule has 3 aromatic rings. The second-order valence-electron chi connectivity index (χ2n) is 4.19. The van der Waals surface area contributed by atoms with Crippen LogP contribution in [0.15, 0.2) is 46.6 Å². The third kappa shape index (κ3) is 2.82. The molecule has 6 nitrogen and oxygen atoms in total. The summed E-state index contributed by atoms with van der Waals surface area (Å²) in [6, 6.07) is 10.4. The highest BCUT2D eigenvalue weighted by Crippen LogP contribution is 2.27. The molecule has 1 aromatic carbocycles. The Kier molecular flexibility index (Phi) is 3.49. The van der Waals surface area contributed by atoms with E-state index >= 15 is 0 Å². The number of carboxylic acid groups (broad SMARTS) is 1. The van der Waals surface area contributed by atoms with Crippen molar-refractivity contribution in [3.05, 3.63) is 42.1 Å². The second kappa shape index (κ2) is 5.45. The molecule has 2 aromatic heterocycles. The van der Waals surface area contributed by atoms with Crippen LogP contribution in [0.3, 0.4) is 0 Å². The molecule has 0 saturated carbocycles. The summed E-state index contributed by atoms with van der Waals surface area (Å²) in [7, 11) is 1.61. The molecule has 0 aliphatic heterocycles. The van der Waals surface area contributed by atoms with Gasteiger partial charge < -0.3 is 14.8 Å². The van der Waals surface area contributed by atoms with Crippen LogP contribution in [0.25, 0.3) is 11.0 Å². The zero-order chi connectivity index (χ0) is 14.8. The molecule has 0 aliphatic rings. The first-order chi connectivity index (χ1) is 10.2. The molecule has 0 saturated heterocycles. The number of aromatic nitrogens is 3. The SMILES string of the molecule is COc1ccc2nc(Sc3cccc(C(=O)O)n3)[nH]c2c1. The van der Waals surface area contributed by atoms with Crippen LogP contribution in [0.2, 0.25) is 0 Å². The second-order valence-corrected chi connectivity index (χ2v) is 5.20. The van der Waals surface area contributed by atoms with Crippen LogP contribution in [-0.2, 0) is 0 Å². The van der Waals surface area contributed by atoms with E-state index in [1.54, 1.807) is 19.2 Å². The van der Waals surface area contributed by atoms with E-state index in [1.807, 2.05) is 18.2 Å². The maximum atomic E-state index is 10.9. The van der Waals surface area contributed by atoms with E-state index in [4.69, 9.17) is 9.84 Å². The molecule has 3 rings (SSSR count). The van der Waals surface area contributed by atoms with Crippen LogP contribution in [0.5, 0.6) is 5.75 Å².